The lowest BCUT2D eigenvalue weighted by atomic mass is 10.2. The van der Waals surface area contributed by atoms with E-state index in [9.17, 15) is 0 Å². The summed E-state index contributed by atoms with van der Waals surface area (Å²) in [6.45, 7) is 18.6. The summed E-state index contributed by atoms with van der Waals surface area (Å²) in [5.74, 6) is 3.85. The van der Waals surface area contributed by atoms with E-state index in [1.54, 1.807) is 0 Å². The van der Waals surface area contributed by atoms with Gasteiger partial charge in [0.25, 0.3) is 0 Å². The van der Waals surface area contributed by atoms with Gasteiger partial charge in [-0.2, -0.15) is 35.3 Å². The van der Waals surface area contributed by atoms with Crippen molar-refractivity contribution in [1.82, 2.24) is 0 Å². The fourth-order valence-electron chi connectivity index (χ4n) is 1.68. The molecule has 0 heterocycles. The Morgan fingerprint density at radius 3 is 1.05 bits per heavy atom. The molecular formula is C16H34S4. The summed E-state index contributed by atoms with van der Waals surface area (Å²) in [6, 6.07) is 0. The van der Waals surface area contributed by atoms with Crippen molar-refractivity contribution in [3.8, 4) is 0 Å². The minimum absolute atomic E-state index is 0.424. The van der Waals surface area contributed by atoms with Gasteiger partial charge in [0, 0.05) is 22.0 Å². The van der Waals surface area contributed by atoms with E-state index in [0.29, 0.717) is 10.00 Å². The Morgan fingerprint density at radius 1 is 0.550 bits per heavy atom. The van der Waals surface area contributed by atoms with E-state index in [1.165, 1.54) is 17.3 Å². The third-order valence-corrected chi connectivity index (χ3v) is 8.64. The van der Waals surface area contributed by atoms with Gasteiger partial charge < -0.3 is 0 Å². The Morgan fingerprint density at radius 2 is 0.850 bits per heavy atom. The topological polar surface area (TPSA) is 0 Å². The largest absolute Gasteiger partial charge is 0.158 e. The standard InChI is InChI=1S/C16H34S4/c1-12(2)17-9-16(20-15(7)8,10-18-13(3)4)11-19-14(5)6/h12-15H,9-11H2,1-8H3. The fraction of sp³-hybridized carbons (Fsp3) is 1.00. The van der Waals surface area contributed by atoms with E-state index in [1.807, 2.05) is 0 Å². The molecule has 20 heavy (non-hydrogen) atoms. The van der Waals surface area contributed by atoms with Gasteiger partial charge in [0.1, 0.15) is 0 Å². The first kappa shape index (κ1) is 21.4. The maximum Gasteiger partial charge on any atom is 0.0433 e. The molecule has 0 radical (unpaired) electrons. The van der Waals surface area contributed by atoms with E-state index in [0.717, 1.165) is 15.7 Å². The summed E-state index contributed by atoms with van der Waals surface area (Å²) in [6.07, 6.45) is 0. The van der Waals surface area contributed by atoms with Crippen LogP contribution < -0.4 is 0 Å². The summed E-state index contributed by atoms with van der Waals surface area (Å²) in [5.41, 5.74) is 0. The molecule has 0 spiro atoms. The van der Waals surface area contributed by atoms with Crippen molar-refractivity contribution in [2.24, 2.45) is 0 Å². The molecule has 4 heteroatoms. The average Bonchev–Trinajstić information content (AvgIpc) is 2.30. The van der Waals surface area contributed by atoms with Gasteiger partial charge in [0.15, 0.2) is 0 Å². The second kappa shape index (κ2) is 11.0. The average molecular weight is 355 g/mol. The molecule has 0 unspecified atom stereocenters. The molecule has 122 valence electrons. The summed E-state index contributed by atoms with van der Waals surface area (Å²) in [4.78, 5) is 0. The van der Waals surface area contributed by atoms with E-state index in [-0.39, 0.29) is 0 Å². The molecule has 0 atom stereocenters. The predicted octanol–water partition coefficient (Wildman–Crippen LogP) is 6.29. The zero-order valence-corrected chi connectivity index (χ0v) is 17.8. The Kier molecular flexibility index (Phi) is 11.8. The molecule has 0 amide bonds. The van der Waals surface area contributed by atoms with E-state index in [4.69, 9.17) is 0 Å². The predicted molar refractivity (Wildman–Crippen MR) is 108 cm³/mol. The summed E-state index contributed by atoms with van der Waals surface area (Å²) in [5, 5.41) is 2.91. The summed E-state index contributed by atoms with van der Waals surface area (Å²) < 4.78 is 0.424. The molecule has 0 aliphatic rings. The maximum absolute atomic E-state index is 2.35. The third kappa shape index (κ3) is 11.0. The molecule has 0 saturated heterocycles. The minimum atomic E-state index is 0.424. The summed E-state index contributed by atoms with van der Waals surface area (Å²) >= 11 is 8.62. The highest BCUT2D eigenvalue weighted by molar-refractivity contribution is 8.08. The van der Waals surface area contributed by atoms with Crippen LogP contribution in [0.1, 0.15) is 55.4 Å². The van der Waals surface area contributed by atoms with Gasteiger partial charge in [-0.3, -0.25) is 0 Å². The zero-order chi connectivity index (χ0) is 15.8. The third-order valence-electron chi connectivity index (χ3n) is 2.52. The highest BCUT2D eigenvalue weighted by atomic mass is 32.2. The monoisotopic (exact) mass is 354 g/mol. The molecule has 0 N–H and O–H groups in total. The SMILES string of the molecule is CC(C)SCC(CSC(C)C)(CSC(C)C)SC(C)C. The quantitative estimate of drug-likeness (QED) is 0.427. The van der Waals surface area contributed by atoms with Crippen LogP contribution in [0.25, 0.3) is 0 Å². The molecule has 0 aromatic heterocycles. The second-order valence-corrected chi connectivity index (χ2v) is 13.2. The lowest BCUT2D eigenvalue weighted by Gasteiger charge is -2.36. The number of rotatable bonds is 11. The van der Waals surface area contributed by atoms with Crippen molar-refractivity contribution < 1.29 is 0 Å². The van der Waals surface area contributed by atoms with Crippen LogP contribution in [0.3, 0.4) is 0 Å². The second-order valence-electron chi connectivity index (χ2n) is 6.43. The molecule has 0 saturated carbocycles. The lowest BCUT2D eigenvalue weighted by molar-refractivity contribution is 0.825. The van der Waals surface area contributed by atoms with Gasteiger partial charge in [-0.15, -0.1) is 11.8 Å². The van der Waals surface area contributed by atoms with Gasteiger partial charge in [0.05, 0.1) is 0 Å². The van der Waals surface area contributed by atoms with Gasteiger partial charge in [-0.1, -0.05) is 55.4 Å². The number of hydrogen-bond acceptors (Lipinski definition) is 4. The van der Waals surface area contributed by atoms with Crippen molar-refractivity contribution >= 4 is 47.0 Å². The highest BCUT2D eigenvalue weighted by Crippen LogP contribution is 2.40. The molecular weight excluding hydrogens is 320 g/mol. The molecule has 0 nitrogen and oxygen atoms in total. The fourth-order valence-corrected chi connectivity index (χ4v) is 7.02. The van der Waals surface area contributed by atoms with Gasteiger partial charge >= 0.3 is 0 Å². The first-order chi connectivity index (χ1) is 9.17. The Bertz CT molecular complexity index is 205. The molecule has 0 bridgehead atoms. The van der Waals surface area contributed by atoms with Crippen LogP contribution in [0.2, 0.25) is 0 Å². The zero-order valence-electron chi connectivity index (χ0n) is 14.6. The van der Waals surface area contributed by atoms with Crippen LogP contribution in [-0.2, 0) is 0 Å². The van der Waals surface area contributed by atoms with Crippen LogP contribution in [-0.4, -0.2) is 43.0 Å². The van der Waals surface area contributed by atoms with Crippen LogP contribution >= 0.6 is 47.0 Å². The van der Waals surface area contributed by atoms with Gasteiger partial charge in [0.2, 0.25) is 0 Å². The van der Waals surface area contributed by atoms with E-state index >= 15 is 0 Å². The maximum atomic E-state index is 2.35. The van der Waals surface area contributed by atoms with Crippen molar-refractivity contribution in [1.29, 1.82) is 0 Å². The smallest absolute Gasteiger partial charge is 0.0433 e. The van der Waals surface area contributed by atoms with Crippen molar-refractivity contribution in [2.45, 2.75) is 81.1 Å². The van der Waals surface area contributed by atoms with Crippen molar-refractivity contribution in [3.05, 3.63) is 0 Å². The normalized spacial score (nSPS) is 13.2. The van der Waals surface area contributed by atoms with Crippen molar-refractivity contribution in [2.75, 3.05) is 17.3 Å². The summed E-state index contributed by atoms with van der Waals surface area (Å²) in [7, 11) is 0. The number of thioether (sulfide) groups is 4. The molecule has 0 rings (SSSR count). The Hall–Kier alpha value is 1.40. The molecule has 0 aromatic carbocycles. The van der Waals surface area contributed by atoms with Gasteiger partial charge in [-0.25, -0.2) is 0 Å². The minimum Gasteiger partial charge on any atom is -0.158 e. The van der Waals surface area contributed by atoms with Crippen LogP contribution in [0.5, 0.6) is 0 Å². The van der Waals surface area contributed by atoms with Gasteiger partial charge in [-0.05, 0) is 21.0 Å². The lowest BCUT2D eigenvalue weighted by Crippen LogP contribution is -2.37. The first-order valence-corrected chi connectivity index (χ1v) is 11.7. The first-order valence-electron chi connectivity index (χ1n) is 7.69. The Labute approximate surface area is 145 Å². The van der Waals surface area contributed by atoms with Crippen molar-refractivity contribution in [3.63, 3.8) is 0 Å². The van der Waals surface area contributed by atoms with Crippen LogP contribution in [0.4, 0.5) is 0 Å². The molecule has 0 fully saturated rings. The number of hydrogen-bond donors (Lipinski definition) is 0. The molecule has 0 aromatic rings. The van der Waals surface area contributed by atoms with E-state index in [2.05, 4.69) is 102 Å². The van der Waals surface area contributed by atoms with E-state index < -0.39 is 0 Å². The molecule has 0 aliphatic heterocycles. The Balaban J connectivity index is 4.84. The highest BCUT2D eigenvalue weighted by Gasteiger charge is 2.33. The molecule has 0 aliphatic carbocycles. The van der Waals surface area contributed by atoms with Crippen LogP contribution in [0, 0.1) is 0 Å². The van der Waals surface area contributed by atoms with Crippen LogP contribution in [0.15, 0.2) is 0 Å².